The molecule has 130 valence electrons. The summed E-state index contributed by atoms with van der Waals surface area (Å²) in [5.41, 5.74) is 1.27. The van der Waals surface area contributed by atoms with Gasteiger partial charge in [-0.25, -0.2) is 0 Å². The van der Waals surface area contributed by atoms with Gasteiger partial charge in [-0.3, -0.25) is 19.3 Å². The molecule has 1 saturated heterocycles. The van der Waals surface area contributed by atoms with E-state index in [2.05, 4.69) is 10.6 Å². The maximum atomic E-state index is 12.1. The summed E-state index contributed by atoms with van der Waals surface area (Å²) in [6.45, 7) is 3.80. The summed E-state index contributed by atoms with van der Waals surface area (Å²) in [5, 5.41) is 5.49. The summed E-state index contributed by atoms with van der Waals surface area (Å²) in [5.74, 6) is -0.0949. The lowest BCUT2D eigenvalue weighted by Gasteiger charge is -2.21. The fraction of sp³-hybridized carbons (Fsp3) is 0.471. The van der Waals surface area contributed by atoms with Crippen LogP contribution in [0.3, 0.4) is 0 Å². The molecule has 0 saturated carbocycles. The SMILES string of the molecule is CC(=O)Nc1cccc(NC(=O)CN(C)CCN2CCCC2=O)c1. The van der Waals surface area contributed by atoms with Crippen molar-refractivity contribution in [3.05, 3.63) is 24.3 Å². The molecule has 3 amide bonds. The predicted octanol–water partition coefficient (Wildman–Crippen LogP) is 1.14. The van der Waals surface area contributed by atoms with Gasteiger partial charge in [0, 0.05) is 44.4 Å². The lowest BCUT2D eigenvalue weighted by Crippen LogP contribution is -2.37. The highest BCUT2D eigenvalue weighted by molar-refractivity contribution is 5.94. The smallest absolute Gasteiger partial charge is 0.238 e. The average molecular weight is 332 g/mol. The van der Waals surface area contributed by atoms with E-state index in [1.807, 2.05) is 16.8 Å². The molecule has 1 aliphatic rings. The van der Waals surface area contributed by atoms with Crippen LogP contribution in [-0.2, 0) is 14.4 Å². The van der Waals surface area contributed by atoms with Crippen molar-refractivity contribution < 1.29 is 14.4 Å². The van der Waals surface area contributed by atoms with E-state index >= 15 is 0 Å². The Morgan fingerprint density at radius 3 is 2.58 bits per heavy atom. The zero-order valence-electron chi connectivity index (χ0n) is 14.2. The molecular formula is C17H24N4O3. The second-order valence-electron chi connectivity index (χ2n) is 6.03. The number of nitrogens with one attached hydrogen (secondary N) is 2. The van der Waals surface area contributed by atoms with Gasteiger partial charge in [0.2, 0.25) is 17.7 Å². The first-order valence-electron chi connectivity index (χ1n) is 8.08. The van der Waals surface area contributed by atoms with E-state index in [4.69, 9.17) is 0 Å². The highest BCUT2D eigenvalue weighted by atomic mass is 16.2. The Labute approximate surface area is 142 Å². The van der Waals surface area contributed by atoms with Crippen molar-refractivity contribution in [2.45, 2.75) is 19.8 Å². The molecule has 1 aromatic rings. The van der Waals surface area contributed by atoms with E-state index in [0.29, 0.717) is 30.9 Å². The number of amides is 3. The molecule has 0 atom stereocenters. The fourth-order valence-electron chi connectivity index (χ4n) is 2.63. The number of likely N-dealkylation sites (N-methyl/N-ethyl adjacent to an activating group) is 1. The number of benzene rings is 1. The van der Waals surface area contributed by atoms with E-state index in [0.717, 1.165) is 13.0 Å². The summed E-state index contributed by atoms with van der Waals surface area (Å²) in [7, 11) is 1.86. The van der Waals surface area contributed by atoms with Crippen molar-refractivity contribution in [2.24, 2.45) is 0 Å². The second-order valence-corrected chi connectivity index (χ2v) is 6.03. The molecule has 0 aromatic heterocycles. The number of hydrogen-bond acceptors (Lipinski definition) is 4. The van der Waals surface area contributed by atoms with Gasteiger partial charge in [-0.2, -0.15) is 0 Å². The van der Waals surface area contributed by atoms with Gasteiger partial charge in [0.05, 0.1) is 6.54 Å². The summed E-state index contributed by atoms with van der Waals surface area (Å²) < 4.78 is 0. The second kappa shape index (κ2) is 8.44. The summed E-state index contributed by atoms with van der Waals surface area (Å²) in [6, 6.07) is 7.01. The van der Waals surface area contributed by atoms with E-state index in [9.17, 15) is 14.4 Å². The van der Waals surface area contributed by atoms with E-state index in [1.165, 1.54) is 6.92 Å². The standard InChI is InChI=1S/C17H24N4O3/c1-13(22)18-14-5-3-6-15(11-14)19-16(23)12-20(2)9-10-21-8-4-7-17(21)24/h3,5-6,11H,4,7-10,12H2,1-2H3,(H,18,22)(H,19,23). The van der Waals surface area contributed by atoms with Crippen LogP contribution >= 0.6 is 0 Å². The zero-order chi connectivity index (χ0) is 17.5. The summed E-state index contributed by atoms with van der Waals surface area (Å²) in [6.07, 6.45) is 1.56. The van der Waals surface area contributed by atoms with Crippen molar-refractivity contribution in [3.63, 3.8) is 0 Å². The largest absolute Gasteiger partial charge is 0.341 e. The molecule has 0 bridgehead atoms. The van der Waals surface area contributed by atoms with Crippen molar-refractivity contribution in [3.8, 4) is 0 Å². The quantitative estimate of drug-likeness (QED) is 0.784. The number of anilines is 2. The zero-order valence-corrected chi connectivity index (χ0v) is 14.2. The van der Waals surface area contributed by atoms with E-state index in [1.54, 1.807) is 24.3 Å². The number of likely N-dealkylation sites (tertiary alicyclic amines) is 1. The first-order valence-corrected chi connectivity index (χ1v) is 8.08. The molecule has 2 N–H and O–H groups in total. The Morgan fingerprint density at radius 2 is 1.96 bits per heavy atom. The van der Waals surface area contributed by atoms with Gasteiger partial charge in [0.15, 0.2) is 0 Å². The van der Waals surface area contributed by atoms with Crippen molar-refractivity contribution in [1.29, 1.82) is 0 Å². The third-order valence-electron chi connectivity index (χ3n) is 3.80. The number of carbonyl (C=O) groups is 3. The first-order chi connectivity index (χ1) is 11.4. The minimum atomic E-state index is -0.158. The molecule has 1 aromatic carbocycles. The minimum absolute atomic E-state index is 0.134. The van der Waals surface area contributed by atoms with E-state index in [-0.39, 0.29) is 24.3 Å². The van der Waals surface area contributed by atoms with Gasteiger partial charge in [-0.15, -0.1) is 0 Å². The Balaban J connectivity index is 1.77. The normalized spacial score (nSPS) is 14.1. The summed E-state index contributed by atoms with van der Waals surface area (Å²) >= 11 is 0. The fourth-order valence-corrected chi connectivity index (χ4v) is 2.63. The molecule has 1 fully saturated rings. The maximum absolute atomic E-state index is 12.1. The number of carbonyl (C=O) groups excluding carboxylic acids is 3. The molecule has 2 rings (SSSR count). The van der Waals surface area contributed by atoms with Crippen LogP contribution in [0.4, 0.5) is 11.4 Å². The molecule has 7 heteroatoms. The molecule has 1 aliphatic heterocycles. The number of rotatable bonds is 7. The van der Waals surface area contributed by atoms with Gasteiger partial charge in [0.1, 0.15) is 0 Å². The highest BCUT2D eigenvalue weighted by Crippen LogP contribution is 2.15. The number of hydrogen-bond donors (Lipinski definition) is 2. The monoisotopic (exact) mass is 332 g/mol. The van der Waals surface area contributed by atoms with Crippen LogP contribution in [-0.4, -0.2) is 60.7 Å². The van der Waals surface area contributed by atoms with Gasteiger partial charge < -0.3 is 15.5 Å². The molecule has 0 radical (unpaired) electrons. The van der Waals surface area contributed by atoms with Crippen LogP contribution in [0.5, 0.6) is 0 Å². The first kappa shape index (κ1) is 17.9. The Kier molecular flexibility index (Phi) is 6.31. The van der Waals surface area contributed by atoms with Crippen LogP contribution in [0, 0.1) is 0 Å². The van der Waals surface area contributed by atoms with Crippen LogP contribution in [0.15, 0.2) is 24.3 Å². The topological polar surface area (TPSA) is 81.8 Å². The lowest BCUT2D eigenvalue weighted by atomic mass is 10.2. The lowest BCUT2D eigenvalue weighted by molar-refractivity contribution is -0.127. The Hall–Kier alpha value is -2.41. The average Bonchev–Trinajstić information content (AvgIpc) is 2.90. The third-order valence-corrected chi connectivity index (χ3v) is 3.80. The third kappa shape index (κ3) is 5.66. The van der Waals surface area contributed by atoms with E-state index < -0.39 is 0 Å². The van der Waals surface area contributed by atoms with Crippen molar-refractivity contribution in [2.75, 3.05) is 43.9 Å². The van der Waals surface area contributed by atoms with Gasteiger partial charge in [-0.05, 0) is 31.7 Å². The highest BCUT2D eigenvalue weighted by Gasteiger charge is 2.20. The van der Waals surface area contributed by atoms with Crippen LogP contribution in [0.25, 0.3) is 0 Å². The number of nitrogens with zero attached hydrogens (tertiary/aromatic N) is 2. The minimum Gasteiger partial charge on any atom is -0.341 e. The van der Waals surface area contributed by atoms with Gasteiger partial charge in [-0.1, -0.05) is 6.07 Å². The van der Waals surface area contributed by atoms with Gasteiger partial charge >= 0.3 is 0 Å². The molecule has 24 heavy (non-hydrogen) atoms. The molecule has 7 nitrogen and oxygen atoms in total. The molecule has 0 aliphatic carbocycles. The Bertz CT molecular complexity index is 618. The predicted molar refractivity (Wildman–Crippen MR) is 92.7 cm³/mol. The van der Waals surface area contributed by atoms with Gasteiger partial charge in [0.25, 0.3) is 0 Å². The Morgan fingerprint density at radius 1 is 1.25 bits per heavy atom. The maximum Gasteiger partial charge on any atom is 0.238 e. The van der Waals surface area contributed by atoms with Crippen LogP contribution in [0.2, 0.25) is 0 Å². The summed E-state index contributed by atoms with van der Waals surface area (Å²) in [4.78, 5) is 38.4. The molecule has 0 unspecified atom stereocenters. The van der Waals surface area contributed by atoms with Crippen molar-refractivity contribution >= 4 is 29.1 Å². The molecular weight excluding hydrogens is 308 g/mol. The molecule has 1 heterocycles. The van der Waals surface area contributed by atoms with Crippen molar-refractivity contribution in [1.82, 2.24) is 9.80 Å². The van der Waals surface area contributed by atoms with Crippen LogP contribution < -0.4 is 10.6 Å². The van der Waals surface area contributed by atoms with Crippen LogP contribution in [0.1, 0.15) is 19.8 Å². The molecule has 0 spiro atoms.